The number of fused-ring (bicyclic) bond motifs is 1. The Kier molecular flexibility index (Phi) is 14.7. The van der Waals surface area contributed by atoms with Gasteiger partial charge in [0, 0.05) is 16.8 Å². The molecule has 45 heavy (non-hydrogen) atoms. The summed E-state index contributed by atoms with van der Waals surface area (Å²) in [6.07, 6.45) is 8.70. The van der Waals surface area contributed by atoms with E-state index in [0.717, 1.165) is 62.2 Å². The number of halogens is 1. The van der Waals surface area contributed by atoms with Gasteiger partial charge in [0.25, 0.3) is 0 Å². The summed E-state index contributed by atoms with van der Waals surface area (Å²) in [6, 6.07) is 0. The SMILES string of the molecule is C=C([C@H](C)CC1CC[C@@H]2O[C@@H](CCCOC(=O)C(C)(C)C)C[C@]2(CI)O1)[C@H](C)C[C@@H]1O[C@H](C[C@H](C)CC)[C@H](C)[C@H]1CS(=O)(=O)P. The molecule has 0 aromatic heterocycles. The Morgan fingerprint density at radius 3 is 2.33 bits per heavy atom. The molecule has 3 saturated heterocycles. The molecule has 0 N–H and O–H groups in total. The first kappa shape index (κ1) is 39.6. The molecular formula is C35H62IO7PS. The number of hydrogen-bond acceptors (Lipinski definition) is 7. The van der Waals surface area contributed by atoms with Gasteiger partial charge in [-0.15, -0.1) is 0 Å². The summed E-state index contributed by atoms with van der Waals surface area (Å²) in [4.78, 5) is 12.1. The van der Waals surface area contributed by atoms with Crippen molar-refractivity contribution >= 4 is 46.5 Å². The summed E-state index contributed by atoms with van der Waals surface area (Å²) < 4.78 is 51.0. The standard InChI is InChI=1S/C35H62IO7PS/c1-10-22(2)16-30-26(6)29(20-45(38,39)44)31(42-30)18-24(4)25(5)23(3)17-27-13-14-32-35(21-36,43-27)19-28(41-32)12-11-15-40-33(37)34(7,8)9/h22-24,26-32H,5,10-21,44H2,1-4,6-9H3/t22-,23-,24-,26-,27?,28+,29-,30-,31+,32+,35-/m1/s1. The Morgan fingerprint density at radius 1 is 1.07 bits per heavy atom. The van der Waals surface area contributed by atoms with E-state index < -0.39 is 14.9 Å². The molecule has 7 nitrogen and oxygen atoms in total. The molecule has 3 rings (SSSR count). The number of esters is 1. The van der Waals surface area contributed by atoms with Crippen LogP contribution < -0.4 is 0 Å². The lowest BCUT2D eigenvalue weighted by atomic mass is 9.79. The van der Waals surface area contributed by atoms with Gasteiger partial charge in [0.2, 0.25) is 0 Å². The summed E-state index contributed by atoms with van der Waals surface area (Å²) >= 11 is 2.46. The van der Waals surface area contributed by atoms with Gasteiger partial charge in [-0.05, 0) is 97.8 Å². The van der Waals surface area contributed by atoms with Crippen LogP contribution in [0.25, 0.3) is 0 Å². The van der Waals surface area contributed by atoms with E-state index >= 15 is 0 Å². The molecule has 0 saturated carbocycles. The predicted molar refractivity (Wildman–Crippen MR) is 194 cm³/mol. The molecule has 0 bridgehead atoms. The molecular weight excluding hydrogens is 722 g/mol. The first-order chi connectivity index (χ1) is 20.9. The van der Waals surface area contributed by atoms with Gasteiger partial charge < -0.3 is 18.9 Å². The third-order valence-electron chi connectivity index (χ3n) is 10.7. The number of alkyl halides is 1. The molecule has 10 heteroatoms. The number of allylic oxidation sites excluding steroid dienone is 1. The monoisotopic (exact) mass is 784 g/mol. The molecule has 0 aromatic rings. The average molecular weight is 785 g/mol. The van der Waals surface area contributed by atoms with Crippen molar-refractivity contribution in [1.82, 2.24) is 0 Å². The Morgan fingerprint density at radius 2 is 1.73 bits per heavy atom. The van der Waals surface area contributed by atoms with Crippen molar-refractivity contribution in [3.8, 4) is 0 Å². The van der Waals surface area contributed by atoms with Crippen molar-refractivity contribution in [3.63, 3.8) is 0 Å². The molecule has 0 aromatic carbocycles. The van der Waals surface area contributed by atoms with E-state index in [1.54, 1.807) is 0 Å². The second-order valence-corrected chi connectivity index (χ2v) is 20.2. The van der Waals surface area contributed by atoms with Crippen LogP contribution in [0.1, 0.15) is 113 Å². The topological polar surface area (TPSA) is 88.1 Å². The maximum atomic E-state index is 12.3. The lowest BCUT2D eigenvalue weighted by molar-refractivity contribution is -0.156. The van der Waals surface area contributed by atoms with Crippen molar-refractivity contribution in [2.45, 2.75) is 149 Å². The normalized spacial score (nSPS) is 34.2. The van der Waals surface area contributed by atoms with Crippen LogP contribution in [0.2, 0.25) is 0 Å². The first-order valence-corrected chi connectivity index (χ1v) is 22.0. The Balaban J connectivity index is 1.54. The van der Waals surface area contributed by atoms with E-state index in [1.165, 1.54) is 5.57 Å². The summed E-state index contributed by atoms with van der Waals surface area (Å²) in [7, 11) is -1.14. The molecule has 2 unspecified atom stereocenters. The Hall–Kier alpha value is 0.200. The third kappa shape index (κ3) is 11.1. The molecule has 0 aliphatic carbocycles. The van der Waals surface area contributed by atoms with Crippen LogP contribution in [0.5, 0.6) is 0 Å². The molecule has 0 spiro atoms. The largest absolute Gasteiger partial charge is 0.465 e. The summed E-state index contributed by atoms with van der Waals surface area (Å²) in [5, 5.41) is 0. The van der Waals surface area contributed by atoms with Crippen LogP contribution in [0, 0.1) is 35.0 Å². The highest BCUT2D eigenvalue weighted by molar-refractivity contribution is 14.1. The number of rotatable bonds is 16. The van der Waals surface area contributed by atoms with E-state index in [9.17, 15) is 13.2 Å². The average Bonchev–Trinajstić information content (AvgIpc) is 3.45. The Bertz CT molecular complexity index is 1090. The molecule has 3 heterocycles. The zero-order chi connectivity index (χ0) is 33.7. The van der Waals surface area contributed by atoms with E-state index in [-0.39, 0.29) is 71.5 Å². The number of ether oxygens (including phenoxy) is 4. The molecule has 0 amide bonds. The fraction of sp³-hybridized carbons (Fsp3) is 0.914. The van der Waals surface area contributed by atoms with Gasteiger partial charge in [-0.25, -0.2) is 8.42 Å². The second-order valence-electron chi connectivity index (χ2n) is 15.7. The van der Waals surface area contributed by atoms with Gasteiger partial charge in [-0.3, -0.25) is 4.79 Å². The second kappa shape index (κ2) is 16.7. The van der Waals surface area contributed by atoms with Gasteiger partial charge in [0.1, 0.15) is 5.60 Å². The first-order valence-electron chi connectivity index (χ1n) is 17.3. The lowest BCUT2D eigenvalue weighted by Crippen LogP contribution is -2.50. The maximum absolute atomic E-state index is 12.3. The highest BCUT2D eigenvalue weighted by Gasteiger charge is 2.52. The van der Waals surface area contributed by atoms with Crippen LogP contribution in [0.15, 0.2) is 12.2 Å². The van der Waals surface area contributed by atoms with Crippen molar-refractivity contribution < 1.29 is 32.2 Å². The Labute approximate surface area is 290 Å². The number of hydrogen-bond donors (Lipinski definition) is 0. The minimum Gasteiger partial charge on any atom is -0.465 e. The molecule has 12 atom stereocenters. The fourth-order valence-corrected chi connectivity index (χ4v) is 10.2. The van der Waals surface area contributed by atoms with Crippen LogP contribution in [-0.4, -0.2) is 67.3 Å². The van der Waals surface area contributed by atoms with Gasteiger partial charge in [0.05, 0.1) is 48.3 Å². The zero-order valence-electron chi connectivity index (χ0n) is 29.2. The highest BCUT2D eigenvalue weighted by atomic mass is 127. The number of carbonyl (C=O) groups excluding carboxylic acids is 1. The van der Waals surface area contributed by atoms with Crippen molar-refractivity contribution in [2.75, 3.05) is 16.8 Å². The summed E-state index contributed by atoms with van der Waals surface area (Å²) in [5.74, 6) is 1.24. The van der Waals surface area contributed by atoms with Crippen LogP contribution >= 0.6 is 31.0 Å². The van der Waals surface area contributed by atoms with E-state index in [1.807, 2.05) is 29.2 Å². The van der Waals surface area contributed by atoms with Crippen LogP contribution in [-0.2, 0) is 33.2 Å². The molecule has 0 radical (unpaired) electrons. The van der Waals surface area contributed by atoms with Crippen molar-refractivity contribution in [1.29, 1.82) is 0 Å². The quantitative estimate of drug-likeness (QED) is 0.0390. The highest BCUT2D eigenvalue weighted by Crippen LogP contribution is 2.46. The molecule has 3 fully saturated rings. The smallest absolute Gasteiger partial charge is 0.311 e. The molecule has 3 aliphatic rings. The van der Waals surface area contributed by atoms with Gasteiger partial charge >= 0.3 is 5.97 Å². The predicted octanol–water partition coefficient (Wildman–Crippen LogP) is 8.14. The van der Waals surface area contributed by atoms with E-state index in [0.29, 0.717) is 12.5 Å². The minimum absolute atomic E-state index is 0.00455. The van der Waals surface area contributed by atoms with Crippen LogP contribution in [0.4, 0.5) is 0 Å². The molecule has 3 aliphatic heterocycles. The van der Waals surface area contributed by atoms with Gasteiger partial charge in [-0.2, -0.15) is 0 Å². The molecule has 262 valence electrons. The fourth-order valence-electron chi connectivity index (χ4n) is 7.49. The van der Waals surface area contributed by atoms with E-state index in [2.05, 4.69) is 63.8 Å². The number of carbonyl (C=O) groups is 1. The lowest BCUT2D eigenvalue weighted by Gasteiger charge is -2.42. The van der Waals surface area contributed by atoms with E-state index in [4.69, 9.17) is 18.9 Å². The summed E-state index contributed by atoms with van der Waals surface area (Å²) in [6.45, 7) is 21.7. The van der Waals surface area contributed by atoms with Crippen molar-refractivity contribution in [3.05, 3.63) is 12.2 Å². The van der Waals surface area contributed by atoms with Gasteiger partial charge in [-0.1, -0.05) is 75.8 Å². The van der Waals surface area contributed by atoms with Crippen molar-refractivity contribution in [2.24, 2.45) is 35.0 Å². The van der Waals surface area contributed by atoms with Crippen LogP contribution in [0.3, 0.4) is 0 Å². The summed E-state index contributed by atoms with van der Waals surface area (Å²) in [5.41, 5.74) is 0.452. The third-order valence-corrected chi connectivity index (χ3v) is 13.4. The maximum Gasteiger partial charge on any atom is 0.311 e. The zero-order valence-corrected chi connectivity index (χ0v) is 33.3. The minimum atomic E-state index is -3.19. The van der Waals surface area contributed by atoms with Gasteiger partial charge in [0.15, 0.2) is 9.46 Å².